The van der Waals surface area contributed by atoms with Crippen LogP contribution in [0.15, 0.2) is 6.20 Å². The van der Waals surface area contributed by atoms with Crippen LogP contribution >= 0.6 is 0 Å². The maximum Gasteiger partial charge on any atom is 0.282 e. The van der Waals surface area contributed by atoms with Crippen LogP contribution in [0, 0.1) is 6.92 Å². The van der Waals surface area contributed by atoms with Crippen LogP contribution in [0.5, 0.6) is 0 Å². The molecule has 2 saturated heterocycles. The molecule has 3 rings (SSSR count). The van der Waals surface area contributed by atoms with Gasteiger partial charge in [-0.1, -0.05) is 6.42 Å². The van der Waals surface area contributed by atoms with Crippen molar-refractivity contribution in [2.24, 2.45) is 0 Å². The normalized spacial score (nSPS) is 22.2. The van der Waals surface area contributed by atoms with E-state index in [1.165, 1.54) is 22.7 Å². The summed E-state index contributed by atoms with van der Waals surface area (Å²) in [5, 5.41) is 0. The van der Waals surface area contributed by atoms with Crippen molar-refractivity contribution in [2.75, 3.05) is 33.7 Å². The van der Waals surface area contributed by atoms with Gasteiger partial charge in [-0.05, 0) is 39.0 Å². The van der Waals surface area contributed by atoms with Crippen molar-refractivity contribution in [1.29, 1.82) is 0 Å². The van der Waals surface area contributed by atoms with E-state index in [9.17, 15) is 13.2 Å². The number of hydrogen-bond donors (Lipinski definition) is 0. The number of aryl methyl sites for hydroxylation is 1. The van der Waals surface area contributed by atoms with Gasteiger partial charge in [-0.25, -0.2) is 9.97 Å². The monoisotopic (exact) mass is 395 g/mol. The lowest BCUT2D eigenvalue weighted by atomic mass is 10.0. The smallest absolute Gasteiger partial charge is 0.282 e. The van der Waals surface area contributed by atoms with Gasteiger partial charge < -0.3 is 4.90 Å². The lowest BCUT2D eigenvalue weighted by Crippen LogP contribution is -2.45. The molecule has 0 aromatic carbocycles. The van der Waals surface area contributed by atoms with E-state index in [4.69, 9.17) is 0 Å². The van der Waals surface area contributed by atoms with Crippen molar-refractivity contribution >= 4 is 16.1 Å². The van der Waals surface area contributed by atoms with Gasteiger partial charge in [0.2, 0.25) is 0 Å². The standard InChI is InChI=1S/C18H29N5O3S/c1-14-15(18(24)22-10-6-4-7-11-22)13-19-17(20-14)16-9-5-8-12-23(16)27(25,26)21(2)3/h13,16H,4-12H2,1-3H3/t16-/m0/s1. The Hall–Kier alpha value is -1.58. The van der Waals surface area contributed by atoms with E-state index in [1.807, 2.05) is 4.90 Å². The Morgan fingerprint density at radius 2 is 1.78 bits per heavy atom. The van der Waals surface area contributed by atoms with Crippen LogP contribution in [-0.4, -0.2) is 71.5 Å². The van der Waals surface area contributed by atoms with Crippen LogP contribution in [0.4, 0.5) is 0 Å². The van der Waals surface area contributed by atoms with Gasteiger partial charge in [0.25, 0.3) is 16.1 Å². The minimum absolute atomic E-state index is 0.0276. The summed E-state index contributed by atoms with van der Waals surface area (Å²) in [5.74, 6) is 0.452. The molecule has 0 radical (unpaired) electrons. The number of nitrogens with zero attached hydrogens (tertiary/aromatic N) is 5. The molecule has 8 nitrogen and oxygen atoms in total. The molecule has 27 heavy (non-hydrogen) atoms. The molecule has 1 amide bonds. The highest BCUT2D eigenvalue weighted by molar-refractivity contribution is 7.86. The fourth-order valence-corrected chi connectivity index (χ4v) is 5.07. The van der Waals surface area contributed by atoms with Gasteiger partial charge in [-0.3, -0.25) is 4.79 Å². The zero-order valence-corrected chi connectivity index (χ0v) is 17.2. The molecule has 1 aromatic rings. The topological polar surface area (TPSA) is 86.7 Å². The van der Waals surface area contributed by atoms with Crippen LogP contribution in [0.1, 0.15) is 66.4 Å². The number of likely N-dealkylation sites (tertiary alicyclic amines) is 1. The fraction of sp³-hybridized carbons (Fsp3) is 0.722. The molecule has 150 valence electrons. The third-order valence-corrected chi connectivity index (χ3v) is 7.33. The summed E-state index contributed by atoms with van der Waals surface area (Å²) in [4.78, 5) is 23.6. The average molecular weight is 396 g/mol. The summed E-state index contributed by atoms with van der Waals surface area (Å²) in [6.45, 7) is 3.81. The Labute approximate surface area is 161 Å². The van der Waals surface area contributed by atoms with E-state index in [1.54, 1.807) is 13.1 Å². The SMILES string of the molecule is Cc1nc([C@@H]2CCCCN2S(=O)(=O)N(C)C)ncc1C(=O)N1CCCCC1. The van der Waals surface area contributed by atoms with Crippen LogP contribution < -0.4 is 0 Å². The molecule has 0 spiro atoms. The Bertz CT molecular complexity index is 790. The maximum absolute atomic E-state index is 12.8. The molecule has 1 atom stereocenters. The quantitative estimate of drug-likeness (QED) is 0.775. The zero-order valence-electron chi connectivity index (χ0n) is 16.4. The highest BCUT2D eigenvalue weighted by atomic mass is 32.2. The van der Waals surface area contributed by atoms with E-state index in [0.717, 1.165) is 45.2 Å². The summed E-state index contributed by atoms with van der Waals surface area (Å²) in [6, 6.07) is -0.385. The third-order valence-electron chi connectivity index (χ3n) is 5.38. The lowest BCUT2D eigenvalue weighted by molar-refractivity contribution is 0.0722. The fourth-order valence-electron chi connectivity index (χ4n) is 3.77. The van der Waals surface area contributed by atoms with Gasteiger partial charge in [0, 0.05) is 39.9 Å². The van der Waals surface area contributed by atoms with Crippen LogP contribution in [0.25, 0.3) is 0 Å². The Kier molecular flexibility index (Phi) is 6.12. The first-order valence-corrected chi connectivity index (χ1v) is 11.0. The first kappa shape index (κ1) is 20.2. The predicted octanol–water partition coefficient (Wildman–Crippen LogP) is 1.74. The van der Waals surface area contributed by atoms with Crippen molar-refractivity contribution in [3.63, 3.8) is 0 Å². The van der Waals surface area contributed by atoms with Crippen molar-refractivity contribution < 1.29 is 13.2 Å². The molecular weight excluding hydrogens is 366 g/mol. The molecule has 0 N–H and O–H groups in total. The van der Waals surface area contributed by atoms with Gasteiger partial charge in [0.05, 0.1) is 17.3 Å². The highest BCUT2D eigenvalue weighted by Gasteiger charge is 2.36. The molecule has 1 aromatic heterocycles. The minimum Gasteiger partial charge on any atom is -0.339 e. The molecule has 3 heterocycles. The molecule has 2 aliphatic heterocycles. The average Bonchev–Trinajstić information content (AvgIpc) is 2.68. The van der Waals surface area contributed by atoms with E-state index < -0.39 is 10.2 Å². The maximum atomic E-state index is 12.8. The van der Waals surface area contributed by atoms with Gasteiger partial charge in [-0.15, -0.1) is 0 Å². The summed E-state index contributed by atoms with van der Waals surface area (Å²) < 4.78 is 28.1. The molecule has 0 unspecified atom stereocenters. The van der Waals surface area contributed by atoms with Crippen molar-refractivity contribution in [3.05, 3.63) is 23.3 Å². The van der Waals surface area contributed by atoms with Crippen LogP contribution in [0.3, 0.4) is 0 Å². The molecule has 9 heteroatoms. The number of carbonyl (C=O) groups is 1. The minimum atomic E-state index is -3.54. The van der Waals surface area contributed by atoms with Crippen molar-refractivity contribution in [1.82, 2.24) is 23.5 Å². The number of hydrogen-bond acceptors (Lipinski definition) is 5. The highest BCUT2D eigenvalue weighted by Crippen LogP contribution is 2.32. The van der Waals surface area contributed by atoms with Crippen LogP contribution in [0.2, 0.25) is 0 Å². The van der Waals surface area contributed by atoms with E-state index in [0.29, 0.717) is 30.0 Å². The second-order valence-corrected chi connectivity index (χ2v) is 9.59. The second-order valence-electron chi connectivity index (χ2n) is 7.49. The Morgan fingerprint density at radius 1 is 1.11 bits per heavy atom. The summed E-state index contributed by atoms with van der Waals surface area (Å²) in [7, 11) is -0.472. The van der Waals surface area contributed by atoms with E-state index in [-0.39, 0.29) is 11.9 Å². The Morgan fingerprint density at radius 3 is 2.41 bits per heavy atom. The van der Waals surface area contributed by atoms with Gasteiger partial charge in [-0.2, -0.15) is 17.0 Å². The summed E-state index contributed by atoms with van der Waals surface area (Å²) >= 11 is 0. The van der Waals surface area contributed by atoms with Gasteiger partial charge in [0.15, 0.2) is 0 Å². The van der Waals surface area contributed by atoms with Crippen molar-refractivity contribution in [2.45, 2.75) is 51.5 Å². The molecule has 0 saturated carbocycles. The number of aromatic nitrogens is 2. The molecule has 0 aliphatic carbocycles. The number of rotatable bonds is 4. The molecular formula is C18H29N5O3S. The number of carbonyl (C=O) groups excluding carboxylic acids is 1. The van der Waals surface area contributed by atoms with Gasteiger partial charge in [0.1, 0.15) is 5.82 Å². The molecule has 0 bridgehead atoms. The molecule has 2 fully saturated rings. The van der Waals surface area contributed by atoms with E-state index >= 15 is 0 Å². The number of amides is 1. The molecule has 2 aliphatic rings. The second kappa shape index (κ2) is 8.20. The van der Waals surface area contributed by atoms with Gasteiger partial charge >= 0.3 is 0 Å². The van der Waals surface area contributed by atoms with Crippen molar-refractivity contribution in [3.8, 4) is 0 Å². The van der Waals surface area contributed by atoms with Crippen LogP contribution in [-0.2, 0) is 10.2 Å². The predicted molar refractivity (Wildman–Crippen MR) is 102 cm³/mol. The first-order chi connectivity index (χ1) is 12.8. The first-order valence-electron chi connectivity index (χ1n) is 9.64. The number of piperidine rings is 2. The summed E-state index contributed by atoms with van der Waals surface area (Å²) in [6.07, 6.45) is 7.24. The Balaban J connectivity index is 1.86. The summed E-state index contributed by atoms with van der Waals surface area (Å²) in [5.41, 5.74) is 1.13. The van der Waals surface area contributed by atoms with E-state index in [2.05, 4.69) is 9.97 Å². The lowest BCUT2D eigenvalue weighted by Gasteiger charge is -2.35. The largest absolute Gasteiger partial charge is 0.339 e. The third kappa shape index (κ3) is 4.14. The zero-order chi connectivity index (χ0) is 19.6.